The highest BCUT2D eigenvalue weighted by atomic mass is 35.5. The van der Waals surface area contributed by atoms with Crippen molar-refractivity contribution < 1.29 is 0 Å². The van der Waals surface area contributed by atoms with Crippen molar-refractivity contribution >= 4 is 52.9 Å². The summed E-state index contributed by atoms with van der Waals surface area (Å²) in [6.07, 6.45) is 0. The lowest BCUT2D eigenvalue weighted by Gasteiger charge is -2.00. The van der Waals surface area contributed by atoms with Crippen molar-refractivity contribution in [1.82, 2.24) is 0 Å². The van der Waals surface area contributed by atoms with Gasteiger partial charge in [-0.3, -0.25) is 0 Å². The normalized spacial score (nSPS) is 10.5. The summed E-state index contributed by atoms with van der Waals surface area (Å²) < 4.78 is 0. The first-order chi connectivity index (χ1) is 5.74. The third-order valence-corrected chi connectivity index (χ3v) is 4.07. The molecule has 0 radical (unpaired) electrons. The van der Waals surface area contributed by atoms with Crippen LogP contribution < -0.4 is 0 Å². The highest BCUT2D eigenvalue weighted by Crippen LogP contribution is 2.29. The van der Waals surface area contributed by atoms with Crippen LogP contribution >= 0.6 is 41.1 Å². The highest BCUT2D eigenvalue weighted by Gasteiger charge is 1.99. The molecule has 0 bridgehead atoms. The molecule has 1 aromatic rings. The Labute approximate surface area is 92.2 Å². The summed E-state index contributed by atoms with van der Waals surface area (Å²) in [6.45, 7) is 0.902. The van der Waals surface area contributed by atoms with Crippen molar-refractivity contribution in [2.24, 2.45) is 0 Å². The monoisotopic (exact) mass is 254 g/mol. The quantitative estimate of drug-likeness (QED) is 0.726. The summed E-state index contributed by atoms with van der Waals surface area (Å²) in [5, 5.41) is 1.39. The average Bonchev–Trinajstić information content (AvgIpc) is 2.03. The van der Waals surface area contributed by atoms with E-state index in [4.69, 9.17) is 35.0 Å². The van der Waals surface area contributed by atoms with Crippen molar-refractivity contribution in [3.05, 3.63) is 33.8 Å². The van der Waals surface area contributed by atoms with E-state index in [0.29, 0.717) is 10.0 Å². The van der Waals surface area contributed by atoms with Crippen LogP contribution in [0.3, 0.4) is 0 Å². The van der Waals surface area contributed by atoms with E-state index in [0.717, 1.165) is 17.9 Å². The standard InChI is InChI=1S/C7H5Cl2PS2/c8-6-2-1-5(4-12-10-11)7(9)3-6/h1-3H,4H2. The molecule has 0 saturated carbocycles. The van der Waals surface area contributed by atoms with Crippen LogP contribution in [-0.2, 0) is 17.6 Å². The molecule has 0 heterocycles. The van der Waals surface area contributed by atoms with Crippen LogP contribution in [0.2, 0.25) is 10.0 Å². The van der Waals surface area contributed by atoms with Crippen LogP contribution in [-0.4, -0.2) is 0 Å². The maximum atomic E-state index is 5.93. The highest BCUT2D eigenvalue weighted by molar-refractivity contribution is 8.57. The lowest BCUT2D eigenvalue weighted by Crippen LogP contribution is -1.79. The van der Waals surface area contributed by atoms with Crippen molar-refractivity contribution in [2.45, 2.75) is 5.75 Å². The first-order valence-corrected chi connectivity index (χ1v) is 7.38. The Morgan fingerprint density at radius 3 is 2.75 bits per heavy atom. The minimum absolute atomic E-state index is 0.671. The first-order valence-electron chi connectivity index (χ1n) is 3.12. The van der Waals surface area contributed by atoms with E-state index < -0.39 is 0 Å². The molecule has 0 atom stereocenters. The van der Waals surface area contributed by atoms with Crippen LogP contribution in [0, 0.1) is 0 Å². The molecule has 64 valence electrons. The number of rotatable bonds is 3. The van der Waals surface area contributed by atoms with E-state index in [1.165, 1.54) is 0 Å². The van der Waals surface area contributed by atoms with Gasteiger partial charge in [0.15, 0.2) is 0 Å². The van der Waals surface area contributed by atoms with Crippen LogP contribution in [0.15, 0.2) is 18.2 Å². The Morgan fingerprint density at radius 2 is 2.17 bits per heavy atom. The summed E-state index contributed by atoms with van der Waals surface area (Å²) in [5.74, 6) is 0.848. The van der Waals surface area contributed by atoms with E-state index in [2.05, 4.69) is 0 Å². The van der Waals surface area contributed by atoms with Crippen molar-refractivity contribution in [3.8, 4) is 0 Å². The maximum absolute atomic E-state index is 5.93. The number of hydrogen-bond acceptors (Lipinski definition) is 2. The van der Waals surface area contributed by atoms with Gasteiger partial charge in [-0.2, -0.15) is 0 Å². The topological polar surface area (TPSA) is 0 Å². The number of benzene rings is 1. The zero-order valence-corrected chi connectivity index (χ0v) is 10.00. The summed E-state index contributed by atoms with van der Waals surface area (Å²) in [6, 6.07) is 5.51. The molecule has 5 heteroatoms. The van der Waals surface area contributed by atoms with Gasteiger partial charge >= 0.3 is 0 Å². The second-order valence-electron chi connectivity index (χ2n) is 2.08. The molecular formula is C7H5Cl2PS2. The van der Waals surface area contributed by atoms with Gasteiger partial charge in [-0.1, -0.05) is 40.6 Å². The second kappa shape index (κ2) is 5.41. The van der Waals surface area contributed by atoms with E-state index in [1.54, 1.807) is 17.4 Å². The molecule has 0 unspecified atom stereocenters. The van der Waals surface area contributed by atoms with Crippen molar-refractivity contribution in [2.75, 3.05) is 0 Å². The summed E-state index contributed by atoms with van der Waals surface area (Å²) in [5.41, 5.74) is 1.09. The molecule has 0 saturated heterocycles. The fraction of sp³-hybridized carbons (Fsp3) is 0.143. The Bertz CT molecular complexity index is 291. The second-order valence-corrected chi connectivity index (χ2v) is 6.19. The third-order valence-electron chi connectivity index (χ3n) is 1.29. The molecule has 0 amide bonds. The Morgan fingerprint density at radius 1 is 1.42 bits per heavy atom. The predicted molar refractivity (Wildman–Crippen MR) is 62.0 cm³/mol. The minimum atomic E-state index is 0.671. The van der Waals surface area contributed by atoms with Gasteiger partial charge in [0, 0.05) is 22.4 Å². The van der Waals surface area contributed by atoms with Gasteiger partial charge in [-0.05, 0) is 29.5 Å². The molecular weight excluding hydrogens is 250 g/mol. The van der Waals surface area contributed by atoms with E-state index >= 15 is 0 Å². The lowest BCUT2D eigenvalue weighted by molar-refractivity contribution is 1.43. The molecule has 0 aliphatic heterocycles. The fourth-order valence-corrected chi connectivity index (χ4v) is 2.78. The van der Waals surface area contributed by atoms with Crippen LogP contribution in [0.1, 0.15) is 5.56 Å². The first kappa shape index (κ1) is 10.7. The van der Waals surface area contributed by atoms with Gasteiger partial charge < -0.3 is 0 Å². The Hall–Kier alpha value is 0.670. The van der Waals surface area contributed by atoms with Gasteiger partial charge in [0.05, 0.1) is 0 Å². The molecule has 0 fully saturated rings. The SMILES string of the molecule is S=PSCc1ccc(Cl)cc1Cl. The van der Waals surface area contributed by atoms with E-state index in [9.17, 15) is 0 Å². The Kier molecular flexibility index (Phi) is 4.85. The molecule has 1 aromatic carbocycles. The number of halogens is 2. The molecule has 0 aliphatic carbocycles. The van der Waals surface area contributed by atoms with Crippen molar-refractivity contribution in [3.63, 3.8) is 0 Å². The lowest BCUT2D eigenvalue weighted by atomic mass is 10.2. The number of hydrogen-bond donors (Lipinski definition) is 0. The van der Waals surface area contributed by atoms with Gasteiger partial charge in [0.25, 0.3) is 0 Å². The van der Waals surface area contributed by atoms with Gasteiger partial charge in [-0.25, -0.2) is 0 Å². The predicted octanol–water partition coefficient (Wildman–Crippen LogP) is 4.55. The molecule has 0 spiro atoms. The summed E-state index contributed by atoms with van der Waals surface area (Å²) in [7, 11) is 0. The molecule has 0 aromatic heterocycles. The van der Waals surface area contributed by atoms with Gasteiger partial charge in [0.1, 0.15) is 0 Å². The Balaban J connectivity index is 2.78. The largest absolute Gasteiger partial charge is 0.0858 e. The van der Waals surface area contributed by atoms with Crippen LogP contribution in [0.25, 0.3) is 0 Å². The maximum Gasteiger partial charge on any atom is 0.0461 e. The van der Waals surface area contributed by atoms with Crippen LogP contribution in [0.5, 0.6) is 0 Å². The molecule has 0 aliphatic rings. The average molecular weight is 255 g/mol. The smallest absolute Gasteiger partial charge is 0.0461 e. The van der Waals surface area contributed by atoms with E-state index in [-0.39, 0.29) is 0 Å². The summed E-state index contributed by atoms with van der Waals surface area (Å²) in [4.78, 5) is 0. The molecule has 0 nitrogen and oxygen atoms in total. The minimum Gasteiger partial charge on any atom is -0.0858 e. The molecule has 0 N–H and O–H groups in total. The van der Waals surface area contributed by atoms with Crippen molar-refractivity contribution in [1.29, 1.82) is 0 Å². The fourth-order valence-electron chi connectivity index (χ4n) is 0.735. The van der Waals surface area contributed by atoms with E-state index in [1.807, 2.05) is 12.1 Å². The molecule has 1 rings (SSSR count). The molecule has 12 heavy (non-hydrogen) atoms. The van der Waals surface area contributed by atoms with Gasteiger partial charge in [0.2, 0.25) is 0 Å². The van der Waals surface area contributed by atoms with Crippen LogP contribution in [0.4, 0.5) is 0 Å². The zero-order valence-electron chi connectivity index (χ0n) is 5.96. The van der Waals surface area contributed by atoms with Gasteiger partial charge in [-0.15, -0.1) is 0 Å². The third kappa shape index (κ3) is 3.20. The summed E-state index contributed by atoms with van der Waals surface area (Å²) >= 11 is 18.1. The zero-order chi connectivity index (χ0) is 8.97.